The molecule has 1 aromatic carbocycles. The summed E-state index contributed by atoms with van der Waals surface area (Å²) in [6.45, 7) is 7.45. The number of carbonyl (C=O) groups is 1. The highest BCUT2D eigenvalue weighted by molar-refractivity contribution is 9.10. The summed E-state index contributed by atoms with van der Waals surface area (Å²) in [5.74, 6) is -0.0769. The smallest absolute Gasteiger partial charge is 0.410 e. The van der Waals surface area contributed by atoms with E-state index in [1.165, 1.54) is 6.33 Å². The molecule has 140 valence electrons. The molecule has 0 saturated carbocycles. The average Bonchev–Trinajstić information content (AvgIpc) is 2.58. The molecule has 6 nitrogen and oxygen atoms in total. The highest BCUT2D eigenvalue weighted by atomic mass is 79.9. The van der Waals surface area contributed by atoms with E-state index in [2.05, 4.69) is 25.9 Å². The lowest BCUT2D eigenvalue weighted by atomic mass is 10.2. The summed E-state index contributed by atoms with van der Waals surface area (Å²) in [5, 5.41) is 0.285. The molecule has 2 heterocycles. The van der Waals surface area contributed by atoms with Gasteiger partial charge in [-0.3, -0.25) is 0 Å². The van der Waals surface area contributed by atoms with Crippen LogP contribution >= 0.6 is 27.5 Å². The number of piperazine rings is 1. The molecule has 0 radical (unpaired) electrons. The number of anilines is 1. The summed E-state index contributed by atoms with van der Waals surface area (Å²) in [7, 11) is 0. The Balaban J connectivity index is 1.82. The van der Waals surface area contributed by atoms with E-state index in [1.807, 2.05) is 25.7 Å². The van der Waals surface area contributed by atoms with Crippen molar-refractivity contribution in [1.29, 1.82) is 0 Å². The lowest BCUT2D eigenvalue weighted by Gasteiger charge is -2.36. The third-order valence-corrected chi connectivity index (χ3v) is 5.20. The summed E-state index contributed by atoms with van der Waals surface area (Å²) < 4.78 is 20.6. The largest absolute Gasteiger partial charge is 0.444 e. The number of fused-ring (bicyclic) bond motifs is 1. The van der Waals surface area contributed by atoms with Crippen molar-refractivity contribution in [3.63, 3.8) is 0 Å². The van der Waals surface area contributed by atoms with Gasteiger partial charge in [-0.05, 0) is 42.8 Å². The van der Waals surface area contributed by atoms with E-state index >= 15 is 0 Å². The third-order valence-electron chi connectivity index (χ3n) is 3.97. The van der Waals surface area contributed by atoms with Crippen LogP contribution in [0.3, 0.4) is 0 Å². The predicted molar refractivity (Wildman–Crippen MR) is 102 cm³/mol. The summed E-state index contributed by atoms with van der Waals surface area (Å²) in [6.07, 6.45) is 1.06. The molecule has 1 fully saturated rings. The van der Waals surface area contributed by atoms with Crippen LogP contribution in [0.5, 0.6) is 0 Å². The molecule has 26 heavy (non-hydrogen) atoms. The maximum atomic E-state index is 14.7. The SMILES string of the molecule is CC(C)(C)OC(=O)N1CCN(c2ncnc3cc(Br)c(Cl)c(F)c23)CC1. The van der Waals surface area contributed by atoms with Crippen molar-refractivity contribution < 1.29 is 13.9 Å². The molecule has 2 aromatic rings. The van der Waals surface area contributed by atoms with Gasteiger partial charge in [-0.15, -0.1) is 0 Å². The van der Waals surface area contributed by atoms with Crippen molar-refractivity contribution in [2.24, 2.45) is 0 Å². The third kappa shape index (κ3) is 3.86. The Labute approximate surface area is 164 Å². The van der Waals surface area contributed by atoms with Gasteiger partial charge in [0.05, 0.1) is 15.9 Å². The van der Waals surface area contributed by atoms with E-state index in [0.29, 0.717) is 42.0 Å². The standard InChI is InChI=1S/C17H19BrClFN4O2/c1-17(2,3)26-16(25)24-6-4-23(5-7-24)15-12-11(21-9-22-15)8-10(18)13(19)14(12)20/h8-9H,4-7H2,1-3H3. The zero-order valence-corrected chi connectivity index (χ0v) is 17.1. The molecule has 3 rings (SSSR count). The zero-order valence-electron chi connectivity index (χ0n) is 14.7. The van der Waals surface area contributed by atoms with Crippen molar-refractivity contribution in [3.8, 4) is 0 Å². The lowest BCUT2D eigenvalue weighted by Crippen LogP contribution is -2.50. The van der Waals surface area contributed by atoms with E-state index in [0.717, 1.165) is 0 Å². The number of hydrogen-bond acceptors (Lipinski definition) is 5. The second-order valence-electron chi connectivity index (χ2n) is 7.03. The van der Waals surface area contributed by atoms with Crippen LogP contribution in [-0.4, -0.2) is 52.7 Å². The van der Waals surface area contributed by atoms with Crippen LogP contribution in [0, 0.1) is 5.82 Å². The van der Waals surface area contributed by atoms with Crippen LogP contribution in [-0.2, 0) is 4.74 Å². The maximum absolute atomic E-state index is 14.7. The first-order valence-corrected chi connectivity index (χ1v) is 9.35. The minimum absolute atomic E-state index is 0.000871. The molecule has 0 unspecified atom stereocenters. The first-order valence-electron chi connectivity index (χ1n) is 8.18. The molecule has 0 aliphatic carbocycles. The fraction of sp³-hybridized carbons (Fsp3) is 0.471. The molecule has 1 aliphatic heterocycles. The van der Waals surface area contributed by atoms with E-state index < -0.39 is 11.4 Å². The van der Waals surface area contributed by atoms with E-state index in [9.17, 15) is 9.18 Å². The lowest BCUT2D eigenvalue weighted by molar-refractivity contribution is 0.0240. The summed E-state index contributed by atoms with van der Waals surface area (Å²) in [4.78, 5) is 24.1. The number of hydrogen-bond donors (Lipinski definition) is 0. The molecule has 0 spiro atoms. The number of rotatable bonds is 1. The van der Waals surface area contributed by atoms with E-state index in [1.54, 1.807) is 11.0 Å². The fourth-order valence-electron chi connectivity index (χ4n) is 2.77. The number of ether oxygens (including phenoxy) is 1. The Bertz CT molecular complexity index is 851. The molecule has 0 atom stereocenters. The fourth-order valence-corrected chi connectivity index (χ4v) is 3.31. The molecular weight excluding hydrogens is 427 g/mol. The van der Waals surface area contributed by atoms with Crippen LogP contribution < -0.4 is 4.90 Å². The highest BCUT2D eigenvalue weighted by Crippen LogP contribution is 2.35. The molecule has 1 amide bonds. The van der Waals surface area contributed by atoms with Gasteiger partial charge in [0, 0.05) is 30.7 Å². The van der Waals surface area contributed by atoms with Crippen LogP contribution in [0.2, 0.25) is 5.02 Å². The molecular formula is C17H19BrClFN4O2. The normalized spacial score (nSPS) is 15.5. The number of amides is 1. The van der Waals surface area contributed by atoms with Gasteiger partial charge in [-0.2, -0.15) is 0 Å². The summed E-state index contributed by atoms with van der Waals surface area (Å²) in [5.41, 5.74) is -0.0667. The Morgan fingerprint density at radius 2 is 1.92 bits per heavy atom. The van der Waals surface area contributed by atoms with Gasteiger partial charge >= 0.3 is 6.09 Å². The Kier molecular flexibility index (Phi) is 5.25. The minimum atomic E-state index is -0.554. The Morgan fingerprint density at radius 1 is 1.27 bits per heavy atom. The van der Waals surface area contributed by atoms with Crippen molar-refractivity contribution in [2.45, 2.75) is 26.4 Å². The van der Waals surface area contributed by atoms with Crippen LogP contribution in [0.25, 0.3) is 10.9 Å². The Hall–Kier alpha value is -1.67. The second kappa shape index (κ2) is 7.15. The van der Waals surface area contributed by atoms with Crippen LogP contribution in [0.15, 0.2) is 16.9 Å². The number of carbonyl (C=O) groups excluding carboxylic acids is 1. The number of halogens is 3. The number of aromatic nitrogens is 2. The van der Waals surface area contributed by atoms with Gasteiger partial charge in [0.15, 0.2) is 5.82 Å². The van der Waals surface area contributed by atoms with Gasteiger partial charge < -0.3 is 14.5 Å². The highest BCUT2D eigenvalue weighted by Gasteiger charge is 2.28. The van der Waals surface area contributed by atoms with Gasteiger partial charge in [0.25, 0.3) is 0 Å². The van der Waals surface area contributed by atoms with Gasteiger partial charge in [0.2, 0.25) is 0 Å². The van der Waals surface area contributed by atoms with Gasteiger partial charge in [0.1, 0.15) is 17.7 Å². The van der Waals surface area contributed by atoms with Gasteiger partial charge in [-0.25, -0.2) is 19.2 Å². The molecule has 1 aromatic heterocycles. The zero-order chi connectivity index (χ0) is 19.1. The minimum Gasteiger partial charge on any atom is -0.444 e. The quantitative estimate of drug-likeness (QED) is 0.615. The first-order chi connectivity index (χ1) is 12.2. The number of benzene rings is 1. The monoisotopic (exact) mass is 444 g/mol. The van der Waals surface area contributed by atoms with E-state index in [4.69, 9.17) is 16.3 Å². The molecule has 0 bridgehead atoms. The molecule has 0 N–H and O–H groups in total. The summed E-state index contributed by atoms with van der Waals surface area (Å²) >= 11 is 9.26. The number of nitrogens with zero attached hydrogens (tertiary/aromatic N) is 4. The predicted octanol–water partition coefficient (Wildman–Crippen LogP) is 4.24. The summed E-state index contributed by atoms with van der Waals surface area (Å²) in [6, 6.07) is 1.67. The van der Waals surface area contributed by atoms with Crippen molar-refractivity contribution in [3.05, 3.63) is 27.7 Å². The molecule has 1 aliphatic rings. The van der Waals surface area contributed by atoms with Crippen molar-refractivity contribution >= 4 is 50.3 Å². The van der Waals surface area contributed by atoms with Crippen molar-refractivity contribution in [2.75, 3.05) is 31.1 Å². The van der Waals surface area contributed by atoms with Crippen LogP contribution in [0.1, 0.15) is 20.8 Å². The van der Waals surface area contributed by atoms with Crippen molar-refractivity contribution in [1.82, 2.24) is 14.9 Å². The topological polar surface area (TPSA) is 58.6 Å². The van der Waals surface area contributed by atoms with Crippen LogP contribution in [0.4, 0.5) is 15.0 Å². The van der Waals surface area contributed by atoms with E-state index in [-0.39, 0.29) is 16.5 Å². The first kappa shape index (κ1) is 19.1. The maximum Gasteiger partial charge on any atom is 0.410 e. The molecule has 9 heteroatoms. The van der Waals surface area contributed by atoms with Gasteiger partial charge in [-0.1, -0.05) is 11.6 Å². The molecule has 1 saturated heterocycles. The average molecular weight is 446 g/mol. The second-order valence-corrected chi connectivity index (χ2v) is 8.26. The Morgan fingerprint density at radius 3 is 2.54 bits per heavy atom.